The van der Waals surface area contributed by atoms with Crippen molar-refractivity contribution in [3.8, 4) is 0 Å². The van der Waals surface area contributed by atoms with Crippen molar-refractivity contribution in [2.24, 2.45) is 0 Å². The Bertz CT molecular complexity index is 94.3. The van der Waals surface area contributed by atoms with Crippen molar-refractivity contribution in [3.63, 3.8) is 0 Å². The van der Waals surface area contributed by atoms with E-state index in [0.717, 1.165) is 12.1 Å². The highest BCUT2D eigenvalue weighted by Crippen LogP contribution is 2.03. The van der Waals surface area contributed by atoms with Crippen LogP contribution in [0.15, 0.2) is 0 Å². The molecule has 0 aliphatic carbocycles. The summed E-state index contributed by atoms with van der Waals surface area (Å²) in [5.41, 5.74) is 0. The van der Waals surface area contributed by atoms with E-state index < -0.39 is 0 Å². The van der Waals surface area contributed by atoms with Gasteiger partial charge >= 0.3 is 0 Å². The number of nitrogens with zero attached hydrogens (tertiary/aromatic N) is 1. The van der Waals surface area contributed by atoms with Gasteiger partial charge in [-0.25, -0.2) is 0 Å². The van der Waals surface area contributed by atoms with Crippen LogP contribution in [0, 0.1) is 0 Å². The molecule has 0 atom stereocenters. The molecule has 0 aromatic heterocycles. The van der Waals surface area contributed by atoms with Crippen LogP contribution in [0.2, 0.25) is 13.1 Å². The smallest absolute Gasteiger partial charge is 0.0833 e. The maximum atomic E-state index is 2.73. The van der Waals surface area contributed by atoms with E-state index in [1.807, 2.05) is 0 Å². The Morgan fingerprint density at radius 3 is 1.45 bits per heavy atom. The molecule has 0 unspecified atom stereocenters. The zero-order chi connectivity index (χ0) is 9.02. The molecule has 0 N–H and O–H groups in total. The molecule has 68 valence electrons. The molecule has 0 aromatic carbocycles. The van der Waals surface area contributed by atoms with Gasteiger partial charge < -0.3 is 4.57 Å². The minimum atomic E-state index is -0.276. The van der Waals surface area contributed by atoms with Gasteiger partial charge in [-0.05, 0) is 12.1 Å². The molecule has 3 heteroatoms. The SMILES string of the molecule is CC(C)N([SiH2][SiH](C)C)C(C)C. The molecule has 0 bridgehead atoms. The largest absolute Gasteiger partial charge is 0.327 e. The van der Waals surface area contributed by atoms with Gasteiger partial charge in [0, 0.05) is 8.31 Å². The summed E-state index contributed by atoms with van der Waals surface area (Å²) < 4.78 is 2.73. The lowest BCUT2D eigenvalue weighted by molar-refractivity contribution is 0.317. The van der Waals surface area contributed by atoms with Gasteiger partial charge in [0.25, 0.3) is 0 Å². The molecule has 0 aliphatic heterocycles. The summed E-state index contributed by atoms with van der Waals surface area (Å²) in [6.07, 6.45) is 0. The van der Waals surface area contributed by atoms with Crippen LogP contribution in [0.4, 0.5) is 0 Å². The Kier molecular flexibility index (Phi) is 5.30. The summed E-state index contributed by atoms with van der Waals surface area (Å²) in [6.45, 7) is 14.2. The molecule has 0 saturated carbocycles. The number of rotatable bonds is 4. The third kappa shape index (κ3) is 4.77. The highest BCUT2D eigenvalue weighted by molar-refractivity contribution is 7.10. The van der Waals surface area contributed by atoms with E-state index >= 15 is 0 Å². The fourth-order valence-corrected chi connectivity index (χ4v) is 8.19. The molecule has 0 aliphatic rings. The predicted octanol–water partition coefficient (Wildman–Crippen LogP) is 1.17. The second-order valence-electron chi connectivity index (χ2n) is 4.28. The predicted molar refractivity (Wildman–Crippen MR) is 59.5 cm³/mol. The molecular formula is C8H23NSi2. The summed E-state index contributed by atoms with van der Waals surface area (Å²) in [4.78, 5) is 0. The Hall–Kier alpha value is 0.394. The van der Waals surface area contributed by atoms with Gasteiger partial charge in [0.05, 0.1) is 9.20 Å². The average Bonchev–Trinajstić information content (AvgIpc) is 1.81. The highest BCUT2D eigenvalue weighted by Gasteiger charge is 2.14. The van der Waals surface area contributed by atoms with Crippen molar-refractivity contribution in [2.75, 3.05) is 0 Å². The molecule has 0 fully saturated rings. The first kappa shape index (κ1) is 11.4. The molecule has 0 rings (SSSR count). The van der Waals surface area contributed by atoms with Crippen molar-refractivity contribution >= 4 is 17.5 Å². The second-order valence-corrected chi connectivity index (χ2v) is 14.2. The van der Waals surface area contributed by atoms with E-state index in [2.05, 4.69) is 45.4 Å². The van der Waals surface area contributed by atoms with Crippen molar-refractivity contribution in [1.29, 1.82) is 0 Å². The summed E-state index contributed by atoms with van der Waals surface area (Å²) in [6, 6.07) is 1.55. The molecule has 0 saturated heterocycles. The lowest BCUT2D eigenvalue weighted by Crippen LogP contribution is -2.45. The fourth-order valence-electron chi connectivity index (χ4n) is 1.44. The third-order valence-electron chi connectivity index (χ3n) is 1.90. The van der Waals surface area contributed by atoms with Crippen LogP contribution in [0.25, 0.3) is 0 Å². The molecule has 1 nitrogen and oxygen atoms in total. The Morgan fingerprint density at radius 2 is 1.36 bits per heavy atom. The first-order valence-electron chi connectivity index (χ1n) is 4.70. The van der Waals surface area contributed by atoms with Crippen LogP contribution in [-0.2, 0) is 0 Å². The number of hydrogen-bond donors (Lipinski definition) is 0. The van der Waals surface area contributed by atoms with Gasteiger partial charge in [-0.3, -0.25) is 0 Å². The molecule has 0 heterocycles. The van der Waals surface area contributed by atoms with Crippen LogP contribution < -0.4 is 0 Å². The van der Waals surface area contributed by atoms with E-state index in [1.165, 1.54) is 0 Å². The van der Waals surface area contributed by atoms with Crippen LogP contribution in [0.5, 0.6) is 0 Å². The standard InChI is InChI=1S/C8H23NSi2/c1-7(2)9(8(3)4)10-11(5)6/h7-8,11H,10H2,1-6H3. The topological polar surface area (TPSA) is 3.24 Å². The fraction of sp³-hybridized carbons (Fsp3) is 1.00. The normalized spacial score (nSPS) is 13.6. The van der Waals surface area contributed by atoms with E-state index in [-0.39, 0.29) is 17.5 Å². The lowest BCUT2D eigenvalue weighted by Gasteiger charge is -2.31. The second kappa shape index (κ2) is 5.11. The molecule has 11 heavy (non-hydrogen) atoms. The van der Waals surface area contributed by atoms with Gasteiger partial charge in [-0.2, -0.15) is 0 Å². The van der Waals surface area contributed by atoms with Gasteiger partial charge in [0.15, 0.2) is 0 Å². The van der Waals surface area contributed by atoms with Gasteiger partial charge in [0.1, 0.15) is 0 Å². The van der Waals surface area contributed by atoms with E-state index in [4.69, 9.17) is 0 Å². The highest BCUT2D eigenvalue weighted by atomic mass is 29.2. The van der Waals surface area contributed by atoms with Crippen LogP contribution in [0.1, 0.15) is 27.7 Å². The van der Waals surface area contributed by atoms with Crippen molar-refractivity contribution in [3.05, 3.63) is 0 Å². The summed E-state index contributed by atoms with van der Waals surface area (Å²) in [5, 5.41) is 0. The maximum Gasteiger partial charge on any atom is 0.0833 e. The minimum absolute atomic E-state index is 0.137. The summed E-state index contributed by atoms with van der Waals surface area (Å²) in [5.74, 6) is 0. The Labute approximate surface area is 75.5 Å². The average molecular weight is 189 g/mol. The number of hydrogen-bond acceptors (Lipinski definition) is 1. The molecule has 0 radical (unpaired) electrons. The van der Waals surface area contributed by atoms with Crippen LogP contribution in [0.3, 0.4) is 0 Å². The van der Waals surface area contributed by atoms with E-state index in [0.29, 0.717) is 0 Å². The molecule has 0 amide bonds. The van der Waals surface area contributed by atoms with Crippen molar-refractivity contribution < 1.29 is 0 Å². The van der Waals surface area contributed by atoms with Crippen LogP contribution in [-0.4, -0.2) is 34.2 Å². The third-order valence-corrected chi connectivity index (χ3v) is 7.97. The zero-order valence-electron chi connectivity index (χ0n) is 8.89. The molecule has 0 spiro atoms. The first-order chi connectivity index (χ1) is 4.95. The maximum absolute atomic E-state index is 2.73. The lowest BCUT2D eigenvalue weighted by atomic mass is 10.3. The zero-order valence-corrected chi connectivity index (χ0v) is 11.5. The first-order valence-corrected chi connectivity index (χ1v) is 10.9. The summed E-state index contributed by atoms with van der Waals surface area (Å²) >= 11 is 0. The molecular weight excluding hydrogens is 166 g/mol. The monoisotopic (exact) mass is 189 g/mol. The van der Waals surface area contributed by atoms with E-state index in [1.54, 1.807) is 0 Å². The van der Waals surface area contributed by atoms with Gasteiger partial charge in [-0.15, -0.1) is 0 Å². The Morgan fingerprint density at radius 1 is 1.00 bits per heavy atom. The summed E-state index contributed by atoms with van der Waals surface area (Å²) in [7, 11) is -0.138. The quantitative estimate of drug-likeness (QED) is 0.600. The van der Waals surface area contributed by atoms with Crippen LogP contribution >= 0.6 is 0 Å². The van der Waals surface area contributed by atoms with Crippen molar-refractivity contribution in [1.82, 2.24) is 4.57 Å². The minimum Gasteiger partial charge on any atom is -0.327 e. The van der Waals surface area contributed by atoms with Gasteiger partial charge in [-0.1, -0.05) is 40.8 Å². The van der Waals surface area contributed by atoms with Gasteiger partial charge in [0.2, 0.25) is 0 Å². The van der Waals surface area contributed by atoms with E-state index in [9.17, 15) is 0 Å². The Balaban J connectivity index is 3.90. The molecule has 0 aromatic rings. The van der Waals surface area contributed by atoms with Crippen molar-refractivity contribution in [2.45, 2.75) is 52.9 Å².